The number of nitrogens with two attached hydrogens (primary N) is 1. The van der Waals surface area contributed by atoms with Gasteiger partial charge < -0.3 is 24.5 Å². The fourth-order valence-electron chi connectivity index (χ4n) is 2.34. The Morgan fingerprint density at radius 1 is 1.17 bits per heavy atom. The maximum atomic E-state index is 6.09. The lowest BCUT2D eigenvalue weighted by Crippen LogP contribution is -2.19. The molecule has 0 atom stereocenters. The van der Waals surface area contributed by atoms with E-state index in [1.165, 1.54) is 0 Å². The Bertz CT molecular complexity index is 818. The Kier molecular flexibility index (Phi) is 3.92. The fraction of sp³-hybridized carbons (Fsp3) is 0.250. The van der Waals surface area contributed by atoms with Crippen molar-refractivity contribution in [3.63, 3.8) is 0 Å². The summed E-state index contributed by atoms with van der Waals surface area (Å²) < 4.78 is 15.9. The lowest BCUT2D eigenvalue weighted by molar-refractivity contribution is 0.356. The number of ether oxygens (including phenoxy) is 2. The Hall–Kier alpha value is -2.96. The van der Waals surface area contributed by atoms with Crippen LogP contribution in [-0.4, -0.2) is 31.2 Å². The molecule has 7 heteroatoms. The molecule has 7 nitrogen and oxygen atoms in total. The predicted molar refractivity (Wildman–Crippen MR) is 87.9 cm³/mol. The molecule has 0 spiro atoms. The molecular weight excluding hydrogens is 296 g/mol. The lowest BCUT2D eigenvalue weighted by Gasteiger charge is -2.17. The van der Waals surface area contributed by atoms with Gasteiger partial charge in [-0.3, -0.25) is 0 Å². The van der Waals surface area contributed by atoms with Gasteiger partial charge in [0.05, 0.1) is 32.5 Å². The molecule has 3 aromatic rings. The number of hydrogen-bond acceptors (Lipinski definition) is 7. The van der Waals surface area contributed by atoms with Gasteiger partial charge in [-0.15, -0.1) is 0 Å². The second-order valence-electron chi connectivity index (χ2n) is 5.07. The van der Waals surface area contributed by atoms with Crippen LogP contribution in [0, 0.1) is 0 Å². The minimum absolute atomic E-state index is 0.386. The van der Waals surface area contributed by atoms with Crippen LogP contribution in [0.5, 0.6) is 11.5 Å². The smallest absolute Gasteiger partial charge is 0.228 e. The van der Waals surface area contributed by atoms with Crippen LogP contribution in [0.3, 0.4) is 0 Å². The number of nitrogen functional groups attached to an aromatic ring is 1. The maximum Gasteiger partial charge on any atom is 0.228 e. The van der Waals surface area contributed by atoms with E-state index in [9.17, 15) is 0 Å². The van der Waals surface area contributed by atoms with Crippen LogP contribution in [0.4, 0.5) is 11.8 Å². The van der Waals surface area contributed by atoms with Crippen LogP contribution in [-0.2, 0) is 6.54 Å². The third-order valence-corrected chi connectivity index (χ3v) is 3.53. The number of anilines is 2. The third kappa shape index (κ3) is 2.85. The zero-order chi connectivity index (χ0) is 16.4. The van der Waals surface area contributed by atoms with Crippen molar-refractivity contribution < 1.29 is 13.9 Å². The van der Waals surface area contributed by atoms with Gasteiger partial charge in [0.2, 0.25) is 5.95 Å². The number of furan rings is 1. The normalized spacial score (nSPS) is 10.7. The highest BCUT2D eigenvalue weighted by molar-refractivity contribution is 5.91. The lowest BCUT2D eigenvalue weighted by atomic mass is 10.2. The number of nitrogens with zero attached hydrogens (tertiary/aromatic N) is 3. The van der Waals surface area contributed by atoms with Crippen molar-refractivity contribution in [2.24, 2.45) is 0 Å². The molecule has 0 aliphatic carbocycles. The van der Waals surface area contributed by atoms with Gasteiger partial charge in [0, 0.05) is 18.5 Å². The van der Waals surface area contributed by atoms with Gasteiger partial charge in [-0.2, -0.15) is 4.98 Å². The zero-order valence-corrected chi connectivity index (χ0v) is 13.2. The van der Waals surface area contributed by atoms with E-state index in [1.807, 2.05) is 24.1 Å². The van der Waals surface area contributed by atoms with E-state index in [2.05, 4.69) is 9.97 Å². The van der Waals surface area contributed by atoms with Crippen LogP contribution in [0.2, 0.25) is 0 Å². The number of fused-ring (bicyclic) bond motifs is 1. The Balaban J connectivity index is 2.02. The van der Waals surface area contributed by atoms with Crippen molar-refractivity contribution in [2.45, 2.75) is 6.54 Å². The van der Waals surface area contributed by atoms with Crippen molar-refractivity contribution in [1.29, 1.82) is 0 Å². The van der Waals surface area contributed by atoms with Crippen LogP contribution < -0.4 is 20.1 Å². The average molecular weight is 314 g/mol. The molecule has 3 rings (SSSR count). The summed E-state index contributed by atoms with van der Waals surface area (Å²) in [4.78, 5) is 10.8. The summed E-state index contributed by atoms with van der Waals surface area (Å²) in [5.74, 6) is 2.91. The molecule has 0 fully saturated rings. The van der Waals surface area contributed by atoms with Crippen LogP contribution in [0.25, 0.3) is 10.9 Å². The molecular formula is C16H18N4O3. The summed E-state index contributed by atoms with van der Waals surface area (Å²) in [5, 5.41) is 0.720. The summed E-state index contributed by atoms with van der Waals surface area (Å²) in [6, 6.07) is 7.31. The molecule has 0 radical (unpaired) electrons. The first kappa shape index (κ1) is 15.0. The standard InChI is InChI=1S/C16H18N4O3/c1-20(9-10-5-4-6-23-10)16-18-12-8-14(22-3)13(21-2)7-11(12)15(17)19-16/h4-8H,9H2,1-3H3,(H2,17,18,19). The van der Waals surface area contributed by atoms with E-state index in [0.717, 1.165) is 11.1 Å². The summed E-state index contributed by atoms with van der Waals surface area (Å²) in [7, 11) is 5.04. The van der Waals surface area contributed by atoms with Crippen molar-refractivity contribution in [1.82, 2.24) is 9.97 Å². The molecule has 2 heterocycles. The Morgan fingerprint density at radius 2 is 1.91 bits per heavy atom. The average Bonchev–Trinajstić information content (AvgIpc) is 3.06. The van der Waals surface area contributed by atoms with Gasteiger partial charge in [-0.25, -0.2) is 4.98 Å². The number of aromatic nitrogens is 2. The number of methoxy groups -OCH3 is 2. The largest absolute Gasteiger partial charge is 0.493 e. The quantitative estimate of drug-likeness (QED) is 0.774. The molecule has 0 saturated heterocycles. The van der Waals surface area contributed by atoms with Crippen LogP contribution >= 0.6 is 0 Å². The van der Waals surface area contributed by atoms with Crippen molar-refractivity contribution >= 4 is 22.7 Å². The number of rotatable bonds is 5. The molecule has 1 aromatic carbocycles. The second kappa shape index (κ2) is 6.04. The molecule has 0 unspecified atom stereocenters. The first-order chi connectivity index (χ1) is 11.1. The molecule has 23 heavy (non-hydrogen) atoms. The molecule has 120 valence electrons. The molecule has 0 bridgehead atoms. The van der Waals surface area contributed by atoms with Crippen LogP contribution in [0.1, 0.15) is 5.76 Å². The summed E-state index contributed by atoms with van der Waals surface area (Å²) in [6.07, 6.45) is 1.63. The topological polar surface area (TPSA) is 86.6 Å². The first-order valence-electron chi connectivity index (χ1n) is 7.05. The minimum Gasteiger partial charge on any atom is -0.493 e. The van der Waals surface area contributed by atoms with Gasteiger partial charge >= 0.3 is 0 Å². The van der Waals surface area contributed by atoms with Gasteiger partial charge in [-0.1, -0.05) is 0 Å². The van der Waals surface area contributed by atoms with Crippen molar-refractivity contribution in [2.75, 3.05) is 31.9 Å². The zero-order valence-electron chi connectivity index (χ0n) is 13.2. The summed E-state index contributed by atoms with van der Waals surface area (Å²) in [6.45, 7) is 0.547. The molecule has 2 aromatic heterocycles. The summed E-state index contributed by atoms with van der Waals surface area (Å²) in [5.41, 5.74) is 6.78. The number of benzene rings is 1. The van der Waals surface area contributed by atoms with Gasteiger partial charge in [0.15, 0.2) is 11.5 Å². The van der Waals surface area contributed by atoms with Crippen molar-refractivity contribution in [3.05, 3.63) is 36.3 Å². The number of hydrogen-bond donors (Lipinski definition) is 1. The van der Waals surface area contributed by atoms with Gasteiger partial charge in [-0.05, 0) is 18.2 Å². The molecule has 0 aliphatic rings. The van der Waals surface area contributed by atoms with Crippen molar-refractivity contribution in [3.8, 4) is 11.5 Å². The highest BCUT2D eigenvalue weighted by atomic mass is 16.5. The van der Waals surface area contributed by atoms with E-state index >= 15 is 0 Å². The van der Waals surface area contributed by atoms with E-state index in [0.29, 0.717) is 35.3 Å². The Morgan fingerprint density at radius 3 is 2.57 bits per heavy atom. The minimum atomic E-state index is 0.386. The Labute approximate surface area is 133 Å². The van der Waals surface area contributed by atoms with E-state index in [1.54, 1.807) is 32.6 Å². The van der Waals surface area contributed by atoms with Gasteiger partial charge in [0.25, 0.3) is 0 Å². The highest BCUT2D eigenvalue weighted by Crippen LogP contribution is 2.34. The molecule has 0 aliphatic heterocycles. The third-order valence-electron chi connectivity index (χ3n) is 3.53. The maximum absolute atomic E-state index is 6.09. The highest BCUT2D eigenvalue weighted by Gasteiger charge is 2.14. The summed E-state index contributed by atoms with van der Waals surface area (Å²) >= 11 is 0. The van der Waals surface area contributed by atoms with Crippen LogP contribution in [0.15, 0.2) is 34.9 Å². The van der Waals surface area contributed by atoms with Gasteiger partial charge in [0.1, 0.15) is 11.6 Å². The second-order valence-corrected chi connectivity index (χ2v) is 5.07. The SMILES string of the molecule is COc1cc2nc(N(C)Cc3ccco3)nc(N)c2cc1OC. The first-order valence-corrected chi connectivity index (χ1v) is 7.05. The predicted octanol–water partition coefficient (Wildman–Crippen LogP) is 2.46. The monoisotopic (exact) mass is 314 g/mol. The fourth-order valence-corrected chi connectivity index (χ4v) is 2.34. The van der Waals surface area contributed by atoms with E-state index in [-0.39, 0.29) is 0 Å². The van der Waals surface area contributed by atoms with E-state index in [4.69, 9.17) is 19.6 Å². The molecule has 0 saturated carbocycles. The molecule has 2 N–H and O–H groups in total. The van der Waals surface area contributed by atoms with E-state index < -0.39 is 0 Å². The molecule has 0 amide bonds.